The van der Waals surface area contributed by atoms with Crippen LogP contribution in [0.4, 0.5) is 0 Å². The summed E-state index contributed by atoms with van der Waals surface area (Å²) < 4.78 is 19.2. The van der Waals surface area contributed by atoms with Gasteiger partial charge >= 0.3 is 17.9 Å². The van der Waals surface area contributed by atoms with Gasteiger partial charge in [0.05, 0.1) is 0 Å². The zero-order valence-corrected chi connectivity index (χ0v) is 65.8. The van der Waals surface area contributed by atoms with Crippen molar-refractivity contribution in [3.63, 3.8) is 0 Å². The van der Waals surface area contributed by atoms with Crippen LogP contribution < -0.4 is 14.2 Å². The maximum absolute atomic E-state index is 14.3. The summed E-state index contributed by atoms with van der Waals surface area (Å²) in [5.74, 6) is 1.18. The number of aromatic hydroxyl groups is 3. The van der Waals surface area contributed by atoms with Crippen LogP contribution in [0.15, 0.2) is 72.8 Å². The number of phenols is 3. The molecule has 1 unspecified atom stereocenters. The van der Waals surface area contributed by atoms with Crippen LogP contribution in [0.5, 0.6) is 34.5 Å². The van der Waals surface area contributed by atoms with Gasteiger partial charge in [0.25, 0.3) is 0 Å². The van der Waals surface area contributed by atoms with E-state index in [2.05, 4.69) is 230 Å². The average molecular weight is 1330 g/mol. The van der Waals surface area contributed by atoms with Gasteiger partial charge in [0, 0.05) is 25.2 Å². The third kappa shape index (κ3) is 19.5. The number of benzene rings is 6. The summed E-state index contributed by atoms with van der Waals surface area (Å²) in [6.07, 6.45) is 2.46. The number of hydrogen-bond acceptors (Lipinski definition) is 9. The molecule has 6 aromatic carbocycles. The summed E-state index contributed by atoms with van der Waals surface area (Å²) >= 11 is 0. The molecule has 0 heterocycles. The Kier molecular flexibility index (Phi) is 23.2. The van der Waals surface area contributed by atoms with E-state index in [-0.39, 0.29) is 86.9 Å². The molecule has 0 saturated carbocycles. The van der Waals surface area contributed by atoms with Crippen LogP contribution in [-0.2, 0) is 82.4 Å². The highest BCUT2D eigenvalue weighted by atomic mass is 16.5. The molecule has 9 nitrogen and oxygen atoms in total. The van der Waals surface area contributed by atoms with E-state index in [9.17, 15) is 29.7 Å². The van der Waals surface area contributed by atoms with Crippen molar-refractivity contribution in [1.82, 2.24) is 0 Å². The van der Waals surface area contributed by atoms with Gasteiger partial charge in [-0.3, -0.25) is 14.4 Å². The van der Waals surface area contributed by atoms with E-state index in [1.165, 1.54) is 0 Å². The van der Waals surface area contributed by atoms with Crippen LogP contribution in [0, 0.1) is 20.8 Å². The van der Waals surface area contributed by atoms with Gasteiger partial charge in [-0.1, -0.05) is 248 Å². The fourth-order valence-corrected chi connectivity index (χ4v) is 13.5. The molecule has 9 heteroatoms. The Bertz CT molecular complexity index is 3620. The lowest BCUT2D eigenvalue weighted by Gasteiger charge is -2.35. The van der Waals surface area contributed by atoms with E-state index >= 15 is 0 Å². The summed E-state index contributed by atoms with van der Waals surface area (Å²) in [6, 6.07) is 25.1. The Morgan fingerprint density at radius 2 is 0.505 bits per heavy atom. The number of rotatable bonds is 17. The second-order valence-corrected chi connectivity index (χ2v) is 37.6. The minimum atomic E-state index is -0.430. The van der Waals surface area contributed by atoms with Gasteiger partial charge in [-0.2, -0.15) is 0 Å². The molecule has 0 radical (unpaired) electrons. The normalized spacial score (nSPS) is 13.5. The van der Waals surface area contributed by atoms with Crippen molar-refractivity contribution in [3.8, 4) is 34.5 Å². The highest BCUT2D eigenvalue weighted by Gasteiger charge is 2.36. The number of ether oxygens (including phenoxy) is 3. The molecule has 0 aliphatic rings. The van der Waals surface area contributed by atoms with Crippen molar-refractivity contribution in [2.75, 3.05) is 0 Å². The number of aryl methyl sites for hydroxylation is 6. The molecule has 1 atom stereocenters. The minimum Gasteiger partial charge on any atom is -0.507 e. The molecular formula is C88H124O9. The first-order valence-corrected chi connectivity index (χ1v) is 35.6. The predicted octanol–water partition coefficient (Wildman–Crippen LogP) is 22.3. The van der Waals surface area contributed by atoms with Crippen LogP contribution in [0.3, 0.4) is 0 Å². The predicted molar refractivity (Wildman–Crippen MR) is 403 cm³/mol. The zero-order valence-electron chi connectivity index (χ0n) is 65.8. The molecule has 0 aliphatic heterocycles. The number of hydrogen-bond donors (Lipinski definition) is 3. The van der Waals surface area contributed by atoms with Crippen LogP contribution >= 0.6 is 0 Å². The van der Waals surface area contributed by atoms with E-state index in [1.807, 2.05) is 57.2 Å². The van der Waals surface area contributed by atoms with Crippen molar-refractivity contribution < 1.29 is 43.9 Å². The second kappa shape index (κ2) is 28.4. The van der Waals surface area contributed by atoms with E-state index in [4.69, 9.17) is 14.2 Å². The van der Waals surface area contributed by atoms with Crippen molar-refractivity contribution in [1.29, 1.82) is 0 Å². The molecule has 0 saturated heterocycles. The van der Waals surface area contributed by atoms with Gasteiger partial charge in [-0.15, -0.1) is 0 Å². The molecular weight excluding hydrogens is 1200 g/mol. The second-order valence-electron chi connectivity index (χ2n) is 37.6. The maximum Gasteiger partial charge on any atom is 0.311 e. The fraction of sp³-hybridized carbons (Fsp3) is 0.557. The lowest BCUT2D eigenvalue weighted by Crippen LogP contribution is -2.23. The molecule has 6 aromatic rings. The zero-order chi connectivity index (χ0) is 73.8. The van der Waals surface area contributed by atoms with E-state index in [0.29, 0.717) is 60.2 Å². The lowest BCUT2D eigenvalue weighted by molar-refractivity contribution is -0.135. The first kappa shape index (κ1) is 79.1. The SMILES string of the molecule is Cc1cc(C(C)CC(c2cc(C)c(OC(=O)CCc3cc(C(C)(C)C)c(O)c(C(C)(C)C)c3)cc2C(C)(C)C)c2cc(C)c(OC(=O)CCc3cc(C(C)(C)C)c(O)c(C(C)(C)C)c3)cc2C(C)(C)C)c(C(C)(C)C)cc1OC(=O)CCc1cc(C(C)(C)C)c(O)c(C(C)(C)C)c1. The van der Waals surface area contributed by atoms with Gasteiger partial charge in [-0.25, -0.2) is 0 Å². The van der Waals surface area contributed by atoms with E-state index < -0.39 is 10.8 Å². The molecule has 0 spiro atoms. The Morgan fingerprint density at radius 1 is 0.309 bits per heavy atom. The third-order valence-electron chi connectivity index (χ3n) is 19.2. The molecule has 0 bridgehead atoms. The topological polar surface area (TPSA) is 140 Å². The van der Waals surface area contributed by atoms with Crippen LogP contribution in [-0.4, -0.2) is 33.2 Å². The number of carbonyl (C=O) groups excluding carboxylic acids is 3. The quantitative estimate of drug-likeness (QED) is 0.0601. The number of carbonyl (C=O) groups is 3. The molecule has 0 amide bonds. The highest BCUT2D eigenvalue weighted by Crippen LogP contribution is 2.50. The monoisotopic (exact) mass is 1320 g/mol. The first-order chi connectivity index (χ1) is 43.9. The molecule has 530 valence electrons. The van der Waals surface area contributed by atoms with Gasteiger partial charge in [-0.05, 0) is 219 Å². The number of esters is 3. The molecule has 0 aromatic heterocycles. The fourth-order valence-electron chi connectivity index (χ4n) is 13.5. The summed E-state index contributed by atoms with van der Waals surface area (Å²) in [4.78, 5) is 42.6. The van der Waals surface area contributed by atoms with Crippen molar-refractivity contribution >= 4 is 17.9 Å². The Labute approximate surface area is 586 Å². The summed E-state index contributed by atoms with van der Waals surface area (Å²) in [5, 5.41) is 34.4. The van der Waals surface area contributed by atoms with Crippen LogP contribution in [0.25, 0.3) is 0 Å². The standard InChI is InChI=1S/C88H124O9/c1-51(58-39-52(2)71(48-62(58)80(5,6)7)95-74(89)35-32-55-42-65(83(14,15)16)77(92)66(43-55)84(17,18)19)38-59(60-40-53(3)72(49-63(60)81(8,9)10)96-75(90)36-33-56-44-67(85(20,21)22)78(93)68(45-56)86(23,24)25)61-41-54(4)73(50-64(61)82(11,12)13)97-76(91)37-34-57-46-69(87(26,27)28)79(94)70(47-57)88(29,30)31/h39-51,59,92-94H,32-38H2,1-31H3. The van der Waals surface area contributed by atoms with Crippen molar-refractivity contribution in [2.45, 2.75) is 320 Å². The lowest BCUT2D eigenvalue weighted by atomic mass is 9.69. The van der Waals surface area contributed by atoms with Crippen LogP contribution in [0.1, 0.15) is 332 Å². The Balaban J connectivity index is 1.46. The molecule has 0 aliphatic carbocycles. The van der Waals surface area contributed by atoms with Gasteiger partial charge in [0.2, 0.25) is 0 Å². The highest BCUT2D eigenvalue weighted by molar-refractivity contribution is 5.75. The third-order valence-corrected chi connectivity index (χ3v) is 19.2. The van der Waals surface area contributed by atoms with Crippen LogP contribution in [0.2, 0.25) is 0 Å². The van der Waals surface area contributed by atoms with Gasteiger partial charge in [0.15, 0.2) is 0 Å². The van der Waals surface area contributed by atoms with Gasteiger partial charge in [0.1, 0.15) is 34.5 Å². The minimum absolute atomic E-state index is 0.0579. The van der Waals surface area contributed by atoms with E-state index in [1.54, 1.807) is 0 Å². The van der Waals surface area contributed by atoms with Crippen molar-refractivity contribution in [2.24, 2.45) is 0 Å². The smallest absolute Gasteiger partial charge is 0.311 e. The first-order valence-electron chi connectivity index (χ1n) is 35.6. The molecule has 0 fully saturated rings. The van der Waals surface area contributed by atoms with Gasteiger partial charge < -0.3 is 29.5 Å². The largest absolute Gasteiger partial charge is 0.507 e. The molecule has 3 N–H and O–H groups in total. The summed E-state index contributed by atoms with van der Waals surface area (Å²) in [5.41, 5.74) is 14.0. The Morgan fingerprint density at radius 3 is 0.711 bits per heavy atom. The summed E-state index contributed by atoms with van der Waals surface area (Å²) in [6.45, 7) is 65.9. The molecule has 97 heavy (non-hydrogen) atoms. The average Bonchev–Trinajstić information content (AvgIpc) is 0.715. The molecule has 6 rings (SSSR count). The summed E-state index contributed by atoms with van der Waals surface area (Å²) in [7, 11) is 0. The van der Waals surface area contributed by atoms with Crippen molar-refractivity contribution in [3.05, 3.63) is 173 Å². The number of phenolic OH excluding ortho intramolecular Hbond substituents is 3. The Hall–Kier alpha value is -6.87. The maximum atomic E-state index is 14.3. The van der Waals surface area contributed by atoms with E-state index in [0.717, 1.165) is 100 Å².